The largest absolute Gasteiger partial charge is 0.468 e. The van der Waals surface area contributed by atoms with Crippen molar-refractivity contribution < 1.29 is 9.53 Å². The average Bonchev–Trinajstić information content (AvgIpc) is 2.96. The lowest BCUT2D eigenvalue weighted by Gasteiger charge is -2.24. The lowest BCUT2D eigenvalue weighted by molar-refractivity contribution is -0.141. The summed E-state index contributed by atoms with van der Waals surface area (Å²) in [6.45, 7) is 1.65. The van der Waals surface area contributed by atoms with Crippen LogP contribution >= 0.6 is 15.9 Å². The maximum atomic E-state index is 12.2. The number of nitrogens with zero attached hydrogens (tertiary/aromatic N) is 3. The topological polar surface area (TPSA) is 76.5 Å². The van der Waals surface area contributed by atoms with Crippen molar-refractivity contribution in [2.45, 2.75) is 25.4 Å². The van der Waals surface area contributed by atoms with Crippen molar-refractivity contribution in [3.05, 3.63) is 21.0 Å². The zero-order valence-corrected chi connectivity index (χ0v) is 13.7. The van der Waals surface area contributed by atoms with Crippen LogP contribution in [0.2, 0.25) is 0 Å². The first-order valence-corrected chi connectivity index (χ1v) is 7.59. The number of likely N-dealkylation sites (N-methyl/N-ethyl adjacent to an activating group) is 1. The van der Waals surface area contributed by atoms with Crippen LogP contribution in [0.4, 0.5) is 5.69 Å². The van der Waals surface area contributed by atoms with Crippen LogP contribution in [-0.2, 0) is 16.1 Å². The highest BCUT2D eigenvalue weighted by atomic mass is 79.9. The number of halogens is 1. The van der Waals surface area contributed by atoms with Crippen molar-refractivity contribution in [3.8, 4) is 0 Å². The molecule has 0 aromatic carbocycles. The highest BCUT2D eigenvalue weighted by molar-refractivity contribution is 9.10. The Morgan fingerprint density at radius 2 is 2.43 bits per heavy atom. The number of methoxy groups -OCH3 is 1. The fourth-order valence-corrected chi connectivity index (χ4v) is 2.97. The first-order valence-electron chi connectivity index (χ1n) is 6.80. The van der Waals surface area contributed by atoms with Crippen molar-refractivity contribution >= 4 is 27.6 Å². The van der Waals surface area contributed by atoms with E-state index in [2.05, 4.69) is 31.1 Å². The summed E-state index contributed by atoms with van der Waals surface area (Å²) in [5, 5.41) is 7.45. The van der Waals surface area contributed by atoms with Gasteiger partial charge in [0.2, 0.25) is 0 Å². The Kier molecular flexibility index (Phi) is 5.35. The molecule has 0 aliphatic carbocycles. The molecule has 1 saturated heterocycles. The molecule has 1 aliphatic heterocycles. The minimum atomic E-state index is -0.507. The van der Waals surface area contributed by atoms with Gasteiger partial charge in [0.25, 0.3) is 5.56 Å². The van der Waals surface area contributed by atoms with Crippen LogP contribution < -0.4 is 15.8 Å². The fraction of sp³-hybridized carbons (Fsp3) is 0.615. The van der Waals surface area contributed by atoms with Gasteiger partial charge in [-0.15, -0.1) is 0 Å². The summed E-state index contributed by atoms with van der Waals surface area (Å²) >= 11 is 3.31. The first-order chi connectivity index (χ1) is 10.0. The van der Waals surface area contributed by atoms with E-state index < -0.39 is 5.97 Å². The fourth-order valence-electron chi connectivity index (χ4n) is 2.36. The Bertz CT molecular complexity index is 569. The molecule has 2 heterocycles. The van der Waals surface area contributed by atoms with E-state index in [1.54, 1.807) is 6.20 Å². The molecule has 1 N–H and O–H groups in total. The zero-order chi connectivity index (χ0) is 15.4. The van der Waals surface area contributed by atoms with Crippen LogP contribution in [0, 0.1) is 0 Å². The van der Waals surface area contributed by atoms with Crippen LogP contribution in [0.15, 0.2) is 15.5 Å². The minimum Gasteiger partial charge on any atom is -0.468 e. The lowest BCUT2D eigenvalue weighted by atomic mass is 10.2. The Labute approximate surface area is 131 Å². The second-order valence-corrected chi connectivity index (χ2v) is 5.85. The van der Waals surface area contributed by atoms with Gasteiger partial charge in [-0.1, -0.05) is 0 Å². The summed E-state index contributed by atoms with van der Waals surface area (Å²) in [6.07, 6.45) is 3.90. The van der Waals surface area contributed by atoms with Crippen LogP contribution in [0.5, 0.6) is 0 Å². The predicted octanol–water partition coefficient (Wildman–Crippen LogP) is 0.367. The average molecular weight is 359 g/mol. The Morgan fingerprint density at radius 3 is 3.05 bits per heavy atom. The molecule has 8 heteroatoms. The Hall–Kier alpha value is -1.41. The highest BCUT2D eigenvalue weighted by Crippen LogP contribution is 2.21. The second-order valence-electron chi connectivity index (χ2n) is 5.06. The number of ether oxygens (including phenoxy) is 1. The van der Waals surface area contributed by atoms with Gasteiger partial charge < -0.3 is 15.0 Å². The molecule has 1 fully saturated rings. The highest BCUT2D eigenvalue weighted by Gasteiger charge is 2.19. The molecule has 0 amide bonds. The van der Waals surface area contributed by atoms with Gasteiger partial charge in [0, 0.05) is 19.6 Å². The molecule has 0 radical (unpaired) electrons. The van der Waals surface area contributed by atoms with E-state index in [-0.39, 0.29) is 12.1 Å². The number of nitrogens with one attached hydrogen (secondary N) is 1. The van der Waals surface area contributed by atoms with E-state index in [0.29, 0.717) is 10.5 Å². The number of hydrogen-bond acceptors (Lipinski definition) is 6. The molecule has 7 nitrogen and oxygen atoms in total. The number of carbonyl (C=O) groups is 1. The zero-order valence-electron chi connectivity index (χ0n) is 12.1. The second kappa shape index (κ2) is 7.04. The third-order valence-corrected chi connectivity index (χ3v) is 4.29. The third kappa shape index (κ3) is 3.82. The third-order valence-electron chi connectivity index (χ3n) is 3.54. The van der Waals surface area contributed by atoms with Crippen molar-refractivity contribution in [3.63, 3.8) is 0 Å². The van der Waals surface area contributed by atoms with Gasteiger partial charge in [-0.2, -0.15) is 5.10 Å². The van der Waals surface area contributed by atoms with Gasteiger partial charge in [0.05, 0.1) is 19.0 Å². The smallest absolute Gasteiger partial charge is 0.327 e. The van der Waals surface area contributed by atoms with Crippen molar-refractivity contribution in [2.75, 3.05) is 32.1 Å². The maximum Gasteiger partial charge on any atom is 0.327 e. The summed E-state index contributed by atoms with van der Waals surface area (Å²) in [7, 11) is 3.20. The van der Waals surface area contributed by atoms with Gasteiger partial charge in [0.15, 0.2) is 0 Å². The summed E-state index contributed by atoms with van der Waals surface area (Å²) in [6, 6.07) is 0.430. The van der Waals surface area contributed by atoms with E-state index >= 15 is 0 Å². The van der Waals surface area contributed by atoms with E-state index in [9.17, 15) is 9.59 Å². The number of aromatic nitrogens is 2. The standard InChI is InChI=1S/C13H19BrN4O3/c1-17(7-9-4-3-5-15-9)10-6-16-18(8-11(19)21-2)13(20)12(10)14/h6,9,15H,3-5,7-8H2,1-2H3. The SMILES string of the molecule is COC(=O)Cn1ncc(N(C)CC2CCCN2)c(Br)c1=O. The van der Waals surface area contributed by atoms with Gasteiger partial charge in [-0.25, -0.2) is 4.68 Å². The maximum absolute atomic E-state index is 12.2. The minimum absolute atomic E-state index is 0.192. The molecular formula is C13H19BrN4O3. The van der Waals surface area contributed by atoms with Crippen LogP contribution in [-0.4, -0.2) is 49.0 Å². The molecule has 21 heavy (non-hydrogen) atoms. The molecule has 1 aromatic rings. The van der Waals surface area contributed by atoms with Crippen LogP contribution in [0.25, 0.3) is 0 Å². The number of esters is 1. The molecule has 0 spiro atoms. The van der Waals surface area contributed by atoms with E-state index in [1.807, 2.05) is 11.9 Å². The van der Waals surface area contributed by atoms with Crippen molar-refractivity contribution in [1.29, 1.82) is 0 Å². The number of carbonyl (C=O) groups excluding carboxylic acids is 1. The van der Waals surface area contributed by atoms with E-state index in [4.69, 9.17) is 0 Å². The van der Waals surface area contributed by atoms with Gasteiger partial charge in [-0.3, -0.25) is 9.59 Å². The van der Waals surface area contributed by atoms with Gasteiger partial charge >= 0.3 is 5.97 Å². The number of anilines is 1. The predicted molar refractivity (Wildman–Crippen MR) is 82.5 cm³/mol. The first kappa shape index (κ1) is 16.0. The number of rotatable bonds is 5. The van der Waals surface area contributed by atoms with Gasteiger partial charge in [-0.05, 0) is 35.3 Å². The Balaban J connectivity index is 2.15. The van der Waals surface area contributed by atoms with Crippen LogP contribution in [0.1, 0.15) is 12.8 Å². The normalized spacial score (nSPS) is 17.8. The Morgan fingerprint density at radius 1 is 1.67 bits per heavy atom. The molecule has 1 aromatic heterocycles. The molecule has 1 atom stereocenters. The quantitative estimate of drug-likeness (QED) is 0.766. The number of hydrogen-bond donors (Lipinski definition) is 1. The van der Waals surface area contributed by atoms with E-state index in [1.165, 1.54) is 13.5 Å². The van der Waals surface area contributed by atoms with Crippen molar-refractivity contribution in [1.82, 2.24) is 15.1 Å². The van der Waals surface area contributed by atoms with Crippen LogP contribution in [0.3, 0.4) is 0 Å². The molecule has 1 unspecified atom stereocenters. The summed E-state index contributed by atoms with van der Waals surface area (Å²) in [5.74, 6) is -0.507. The molecule has 1 aliphatic rings. The molecule has 0 saturated carbocycles. The molecule has 116 valence electrons. The van der Waals surface area contributed by atoms with E-state index in [0.717, 1.165) is 29.9 Å². The monoisotopic (exact) mass is 358 g/mol. The lowest BCUT2D eigenvalue weighted by Crippen LogP contribution is -2.37. The molecule has 2 rings (SSSR count). The van der Waals surface area contributed by atoms with Crippen molar-refractivity contribution in [2.24, 2.45) is 0 Å². The summed E-state index contributed by atoms with van der Waals surface area (Å²) in [5.41, 5.74) is 0.374. The summed E-state index contributed by atoms with van der Waals surface area (Å²) in [4.78, 5) is 25.4. The molecular weight excluding hydrogens is 340 g/mol. The summed E-state index contributed by atoms with van der Waals surface area (Å²) < 4.78 is 6.03. The molecule has 0 bridgehead atoms. The van der Waals surface area contributed by atoms with Gasteiger partial charge in [0.1, 0.15) is 11.0 Å².